The topological polar surface area (TPSA) is 60.4 Å². The van der Waals surface area contributed by atoms with Crippen LogP contribution in [0.3, 0.4) is 0 Å². The second-order valence-electron chi connectivity index (χ2n) is 4.52. The smallest absolute Gasteiger partial charge is 0.341 e. The third kappa shape index (κ3) is 4.71. The van der Waals surface area contributed by atoms with Crippen molar-refractivity contribution in [1.82, 2.24) is 0 Å². The van der Waals surface area contributed by atoms with E-state index >= 15 is 0 Å². The lowest BCUT2D eigenvalue weighted by Crippen LogP contribution is -2.11. The van der Waals surface area contributed by atoms with Crippen LogP contribution in [0.5, 0.6) is 0 Å². The molecule has 112 valence electrons. The molecule has 0 aromatic heterocycles. The van der Waals surface area contributed by atoms with Crippen LogP contribution in [0, 0.1) is 11.7 Å². The van der Waals surface area contributed by atoms with Crippen molar-refractivity contribution in [3.05, 3.63) is 28.0 Å². The van der Waals surface area contributed by atoms with Gasteiger partial charge in [0.1, 0.15) is 5.82 Å². The first-order valence-electron chi connectivity index (χ1n) is 5.73. The van der Waals surface area contributed by atoms with Crippen LogP contribution in [-0.4, -0.2) is 21.0 Å². The number of benzene rings is 1. The summed E-state index contributed by atoms with van der Waals surface area (Å²) in [5.74, 6) is -1.47. The van der Waals surface area contributed by atoms with Gasteiger partial charge < -0.3 is 4.74 Å². The highest BCUT2D eigenvalue weighted by molar-refractivity contribution is 9.10. The maximum Gasteiger partial charge on any atom is 0.341 e. The maximum absolute atomic E-state index is 13.7. The van der Waals surface area contributed by atoms with Gasteiger partial charge in [0.2, 0.25) is 0 Å². The summed E-state index contributed by atoms with van der Waals surface area (Å²) in [6.07, 6.45) is 0.630. The van der Waals surface area contributed by atoms with Gasteiger partial charge in [-0.2, -0.15) is 0 Å². The molecule has 0 N–H and O–H groups in total. The van der Waals surface area contributed by atoms with Crippen molar-refractivity contribution in [2.75, 3.05) is 6.61 Å². The first-order chi connectivity index (χ1) is 9.12. The normalized spacial score (nSPS) is 11.7. The summed E-state index contributed by atoms with van der Waals surface area (Å²) >= 11 is 2.88. The predicted molar refractivity (Wildman–Crippen MR) is 76.9 cm³/mol. The van der Waals surface area contributed by atoms with E-state index in [0.717, 1.165) is 12.1 Å². The highest BCUT2D eigenvalue weighted by Crippen LogP contribution is 2.28. The summed E-state index contributed by atoms with van der Waals surface area (Å²) in [6.45, 7) is 4.04. The number of carbonyl (C=O) groups is 1. The Morgan fingerprint density at radius 1 is 1.45 bits per heavy atom. The van der Waals surface area contributed by atoms with Crippen molar-refractivity contribution in [2.24, 2.45) is 5.92 Å². The minimum absolute atomic E-state index is 0.0521. The molecule has 0 radical (unpaired) electrons. The van der Waals surface area contributed by atoms with Crippen molar-refractivity contribution in [3.8, 4) is 0 Å². The van der Waals surface area contributed by atoms with Crippen LogP contribution in [0.4, 0.5) is 4.39 Å². The number of rotatable bonds is 5. The van der Waals surface area contributed by atoms with E-state index in [0.29, 0.717) is 12.3 Å². The molecule has 1 rings (SSSR count). The lowest BCUT2D eigenvalue weighted by atomic mass is 10.1. The molecule has 0 saturated carbocycles. The molecule has 0 aliphatic carbocycles. The van der Waals surface area contributed by atoms with Crippen molar-refractivity contribution in [2.45, 2.75) is 25.2 Å². The number of hydrogen-bond donors (Lipinski definition) is 0. The molecule has 0 atom stereocenters. The predicted octanol–water partition coefficient (Wildman–Crippen LogP) is 3.72. The van der Waals surface area contributed by atoms with Gasteiger partial charge in [0.05, 0.1) is 17.1 Å². The average molecular weight is 388 g/mol. The molecule has 0 saturated heterocycles. The van der Waals surface area contributed by atoms with Gasteiger partial charge in [0.15, 0.2) is 0 Å². The Morgan fingerprint density at radius 3 is 2.55 bits per heavy atom. The fourth-order valence-corrected chi connectivity index (χ4v) is 3.51. The van der Waals surface area contributed by atoms with E-state index in [9.17, 15) is 17.6 Å². The molecule has 0 heterocycles. The van der Waals surface area contributed by atoms with Crippen LogP contribution >= 0.6 is 26.6 Å². The lowest BCUT2D eigenvalue weighted by molar-refractivity contribution is 0.0482. The minimum Gasteiger partial charge on any atom is -0.462 e. The molecular weight excluding hydrogens is 375 g/mol. The van der Waals surface area contributed by atoms with E-state index in [4.69, 9.17) is 15.4 Å². The Hall–Kier alpha value is -0.660. The number of halogens is 3. The van der Waals surface area contributed by atoms with Gasteiger partial charge in [0.25, 0.3) is 9.05 Å². The largest absolute Gasteiger partial charge is 0.462 e. The van der Waals surface area contributed by atoms with Crippen LogP contribution in [-0.2, 0) is 13.8 Å². The molecule has 0 amide bonds. The summed E-state index contributed by atoms with van der Waals surface area (Å²) in [5, 5.41) is 0. The number of carbonyl (C=O) groups excluding carboxylic acids is 1. The van der Waals surface area contributed by atoms with E-state index in [1.807, 2.05) is 13.8 Å². The summed E-state index contributed by atoms with van der Waals surface area (Å²) in [7, 11) is 1.12. The third-order valence-electron chi connectivity index (χ3n) is 2.43. The Morgan fingerprint density at radius 2 is 2.05 bits per heavy atom. The van der Waals surface area contributed by atoms with E-state index in [2.05, 4.69) is 15.9 Å². The third-order valence-corrected chi connectivity index (χ3v) is 4.71. The van der Waals surface area contributed by atoms with Crippen molar-refractivity contribution >= 4 is 41.6 Å². The fourth-order valence-electron chi connectivity index (χ4n) is 1.34. The first kappa shape index (κ1) is 17.4. The molecule has 1 aromatic carbocycles. The molecule has 0 bridgehead atoms. The van der Waals surface area contributed by atoms with Gasteiger partial charge in [-0.25, -0.2) is 17.6 Å². The van der Waals surface area contributed by atoms with Crippen molar-refractivity contribution in [1.29, 1.82) is 0 Å². The monoisotopic (exact) mass is 386 g/mol. The highest BCUT2D eigenvalue weighted by atomic mass is 79.9. The molecule has 0 fully saturated rings. The Kier molecular flexibility index (Phi) is 5.97. The summed E-state index contributed by atoms with van der Waals surface area (Å²) in [6, 6.07) is 1.73. The standard InChI is InChI=1S/C12H13BrClFO4S/c1-7(2)3-4-19-12(16)8-5-11(20(14,17)18)9(13)6-10(8)15/h5-7H,3-4H2,1-2H3. The van der Waals surface area contributed by atoms with Gasteiger partial charge in [-0.3, -0.25) is 0 Å². The van der Waals surface area contributed by atoms with Crippen molar-refractivity contribution in [3.63, 3.8) is 0 Å². The van der Waals surface area contributed by atoms with E-state index in [1.165, 1.54) is 0 Å². The highest BCUT2D eigenvalue weighted by Gasteiger charge is 2.22. The van der Waals surface area contributed by atoms with Crippen LogP contribution in [0.2, 0.25) is 0 Å². The van der Waals surface area contributed by atoms with Crippen LogP contribution < -0.4 is 0 Å². The zero-order valence-corrected chi connectivity index (χ0v) is 14.0. The van der Waals surface area contributed by atoms with Gasteiger partial charge >= 0.3 is 5.97 Å². The van der Waals surface area contributed by atoms with Crippen LogP contribution in [0.25, 0.3) is 0 Å². The summed E-state index contributed by atoms with van der Waals surface area (Å²) in [5.41, 5.74) is -0.462. The molecular formula is C12H13BrClFO4S. The Balaban J connectivity index is 3.04. The van der Waals surface area contributed by atoms with E-state index in [1.54, 1.807) is 0 Å². The lowest BCUT2D eigenvalue weighted by Gasteiger charge is -2.09. The Bertz CT molecular complexity index is 616. The molecule has 0 spiro atoms. The molecule has 0 unspecified atom stereocenters. The van der Waals surface area contributed by atoms with Crippen molar-refractivity contribution < 1.29 is 22.3 Å². The molecule has 4 nitrogen and oxygen atoms in total. The van der Waals surface area contributed by atoms with Gasteiger partial charge in [-0.05, 0) is 40.4 Å². The van der Waals surface area contributed by atoms with Crippen LogP contribution in [0.15, 0.2) is 21.5 Å². The number of ether oxygens (including phenoxy) is 1. The Labute approximate surface area is 129 Å². The minimum atomic E-state index is -4.09. The molecule has 8 heteroatoms. The molecule has 0 aliphatic heterocycles. The zero-order valence-electron chi connectivity index (χ0n) is 10.8. The molecule has 1 aromatic rings. The SMILES string of the molecule is CC(C)CCOC(=O)c1cc(S(=O)(=O)Cl)c(Br)cc1F. The van der Waals surface area contributed by atoms with Gasteiger partial charge in [-0.15, -0.1) is 0 Å². The summed E-state index contributed by atoms with van der Waals surface area (Å²) < 4.78 is 41.1. The fraction of sp³-hybridized carbons (Fsp3) is 0.417. The average Bonchev–Trinajstić information content (AvgIpc) is 2.26. The van der Waals surface area contributed by atoms with Gasteiger partial charge in [0, 0.05) is 15.2 Å². The van der Waals surface area contributed by atoms with Crippen LogP contribution in [0.1, 0.15) is 30.6 Å². The summed E-state index contributed by atoms with van der Waals surface area (Å²) in [4.78, 5) is 11.3. The second kappa shape index (κ2) is 6.87. The number of hydrogen-bond acceptors (Lipinski definition) is 4. The maximum atomic E-state index is 13.7. The quantitative estimate of drug-likeness (QED) is 0.571. The second-order valence-corrected chi connectivity index (χ2v) is 7.91. The van der Waals surface area contributed by atoms with E-state index < -0.39 is 26.4 Å². The molecule has 20 heavy (non-hydrogen) atoms. The molecule has 0 aliphatic rings. The van der Waals surface area contributed by atoms with E-state index in [-0.39, 0.29) is 16.0 Å². The first-order valence-corrected chi connectivity index (χ1v) is 8.84. The zero-order chi connectivity index (χ0) is 15.5. The number of esters is 1. The van der Waals surface area contributed by atoms with Gasteiger partial charge in [-0.1, -0.05) is 13.8 Å².